The van der Waals surface area contributed by atoms with Crippen LogP contribution in [-0.2, 0) is 9.53 Å². The van der Waals surface area contributed by atoms with E-state index >= 15 is 0 Å². The van der Waals surface area contributed by atoms with E-state index in [9.17, 15) is 19.8 Å². The number of hydrogen-bond donors (Lipinski definition) is 1. The number of nitro groups is 1. The van der Waals surface area contributed by atoms with Gasteiger partial charge in [-0.25, -0.2) is 0 Å². The second-order valence-corrected chi connectivity index (χ2v) is 11.4. The van der Waals surface area contributed by atoms with Gasteiger partial charge in [0.15, 0.2) is 5.75 Å². The second kappa shape index (κ2) is 12.4. The van der Waals surface area contributed by atoms with Crippen molar-refractivity contribution in [2.24, 2.45) is 16.7 Å². The molecule has 4 rings (SSSR count). The maximum absolute atomic E-state index is 12.9. The molecule has 2 aliphatic carbocycles. The Kier molecular flexibility index (Phi) is 9.21. The Morgan fingerprint density at radius 3 is 2.19 bits per heavy atom. The van der Waals surface area contributed by atoms with Gasteiger partial charge in [0, 0.05) is 23.4 Å². The molecule has 2 saturated carbocycles. The number of benzene rings is 2. The summed E-state index contributed by atoms with van der Waals surface area (Å²) < 4.78 is 14.8. The molecule has 37 heavy (non-hydrogen) atoms. The minimum atomic E-state index is -2.55. The maximum Gasteiger partial charge on any atom is 0.412 e. The Hall–Kier alpha value is -2.49. The lowest BCUT2D eigenvalue weighted by molar-refractivity contribution is -0.384. The van der Waals surface area contributed by atoms with E-state index in [2.05, 4.69) is 10.3 Å². The summed E-state index contributed by atoms with van der Waals surface area (Å²) in [5.41, 5.74) is 2.64. The highest BCUT2D eigenvalue weighted by Gasteiger charge is 2.41. The smallest absolute Gasteiger partial charge is 0.412 e. The van der Waals surface area contributed by atoms with Crippen molar-refractivity contribution in [3.8, 4) is 17.2 Å². The van der Waals surface area contributed by atoms with Crippen molar-refractivity contribution >= 4 is 43.0 Å². The number of nitrogens with one attached hydrogen (secondary N) is 1. The van der Waals surface area contributed by atoms with E-state index in [-0.39, 0.29) is 17.4 Å². The van der Waals surface area contributed by atoms with Crippen LogP contribution >= 0.6 is 31.4 Å². The first kappa shape index (κ1) is 27.5. The highest BCUT2D eigenvalue weighted by atomic mass is 35.5. The standard InChI is InChI=1S/C24H26Cl2N3O7P/c25-24(26,15-16-5-6-16)35-23(30)22(17-3-1-2-4-17)27-28-37(33)36-21-13-11-20(12-14-21)34-19-9-7-18(8-10-19)29(31)32/h7-14,16-17,22,27H,1-6,15H2/t22-/m0/s1. The Bertz CT molecular complexity index is 1120. The molecular formula is C24H26Cl2N3O7P. The van der Waals surface area contributed by atoms with Crippen LogP contribution in [0.1, 0.15) is 44.9 Å². The fourth-order valence-electron chi connectivity index (χ4n) is 4.11. The van der Waals surface area contributed by atoms with Gasteiger partial charge in [-0.05, 0) is 73.9 Å². The van der Waals surface area contributed by atoms with Crippen molar-refractivity contribution in [1.82, 2.24) is 5.43 Å². The zero-order chi connectivity index (χ0) is 26.4. The van der Waals surface area contributed by atoms with Gasteiger partial charge in [0.05, 0.1) is 4.92 Å². The number of esters is 1. The van der Waals surface area contributed by atoms with Crippen molar-refractivity contribution < 1.29 is 28.6 Å². The lowest BCUT2D eigenvalue weighted by Gasteiger charge is -2.25. The molecule has 0 spiro atoms. The number of ether oxygens (including phenoxy) is 2. The van der Waals surface area contributed by atoms with Crippen LogP contribution in [0.15, 0.2) is 53.4 Å². The number of non-ortho nitro benzene ring substituents is 1. The van der Waals surface area contributed by atoms with E-state index in [1.54, 1.807) is 24.3 Å². The SMILES string of the molecule is O=C(OC(Cl)(Cl)CC1CC1)[C@@H](N/N=[P+](\[O-])Oc1ccc(Oc2ccc([N+](=O)[O-])cc2)cc1)C1CCCC1. The summed E-state index contributed by atoms with van der Waals surface area (Å²) in [7, 11) is -2.55. The molecule has 10 nitrogen and oxygen atoms in total. The van der Waals surface area contributed by atoms with Crippen molar-refractivity contribution in [3.63, 3.8) is 0 Å². The number of nitro benzene ring substituents is 1. The second-order valence-electron chi connectivity index (χ2n) is 9.11. The third kappa shape index (κ3) is 8.51. The van der Waals surface area contributed by atoms with Crippen molar-refractivity contribution in [2.45, 2.75) is 55.5 Å². The summed E-state index contributed by atoms with van der Waals surface area (Å²) >= 11 is 12.4. The summed E-state index contributed by atoms with van der Waals surface area (Å²) in [4.78, 5) is 39.5. The molecule has 1 N–H and O–H groups in total. The minimum Gasteiger partial charge on any atom is -0.574 e. The largest absolute Gasteiger partial charge is 0.574 e. The zero-order valence-corrected chi connectivity index (χ0v) is 22.2. The van der Waals surface area contributed by atoms with Gasteiger partial charge in [0.1, 0.15) is 17.5 Å². The fourth-order valence-corrected chi connectivity index (χ4v) is 5.26. The first-order chi connectivity index (χ1) is 17.7. The van der Waals surface area contributed by atoms with Gasteiger partial charge in [-0.1, -0.05) is 36.0 Å². The van der Waals surface area contributed by atoms with Gasteiger partial charge in [-0.15, -0.1) is 0 Å². The average molecular weight is 570 g/mol. The van der Waals surface area contributed by atoms with Gasteiger partial charge < -0.3 is 14.4 Å². The number of halogens is 2. The van der Waals surface area contributed by atoms with Crippen LogP contribution < -0.4 is 19.6 Å². The molecule has 0 bridgehead atoms. The molecule has 1 unspecified atom stereocenters. The number of carbonyl (C=O) groups is 1. The number of rotatable bonds is 12. The predicted octanol–water partition coefficient (Wildman–Crippen LogP) is 6.16. The molecule has 0 radical (unpaired) electrons. The zero-order valence-electron chi connectivity index (χ0n) is 19.8. The van der Waals surface area contributed by atoms with E-state index in [0.717, 1.165) is 38.5 Å². The molecule has 2 atom stereocenters. The van der Waals surface area contributed by atoms with Crippen LogP contribution in [0.5, 0.6) is 17.2 Å². The Balaban J connectivity index is 1.33. The molecule has 0 aromatic heterocycles. The average Bonchev–Trinajstić information content (AvgIpc) is 3.48. The molecule has 0 amide bonds. The lowest BCUT2D eigenvalue weighted by Crippen LogP contribution is -2.43. The van der Waals surface area contributed by atoms with Crippen molar-refractivity contribution in [2.75, 3.05) is 0 Å². The van der Waals surface area contributed by atoms with Crippen LogP contribution in [-0.4, -0.2) is 21.5 Å². The number of nitrogens with zero attached hydrogens (tertiary/aromatic N) is 2. The molecule has 13 heteroatoms. The van der Waals surface area contributed by atoms with Gasteiger partial charge in [0.25, 0.3) is 10.2 Å². The third-order valence-corrected chi connectivity index (χ3v) is 7.28. The highest BCUT2D eigenvalue weighted by Crippen LogP contribution is 2.42. The summed E-state index contributed by atoms with van der Waals surface area (Å²) in [5, 5.41) is 10.8. The maximum atomic E-state index is 12.9. The Morgan fingerprint density at radius 1 is 1.05 bits per heavy atom. The Morgan fingerprint density at radius 2 is 1.62 bits per heavy atom. The molecule has 0 saturated heterocycles. The first-order valence-corrected chi connectivity index (χ1v) is 13.8. The molecule has 0 aliphatic heterocycles. The van der Waals surface area contributed by atoms with E-state index < -0.39 is 29.6 Å². The van der Waals surface area contributed by atoms with Gasteiger partial charge in [0.2, 0.25) is 0 Å². The van der Waals surface area contributed by atoms with Crippen LogP contribution in [0.25, 0.3) is 0 Å². The van der Waals surface area contributed by atoms with Crippen molar-refractivity contribution in [1.29, 1.82) is 0 Å². The lowest BCUT2D eigenvalue weighted by atomic mass is 9.99. The van der Waals surface area contributed by atoms with Gasteiger partial charge >= 0.3 is 14.1 Å². The van der Waals surface area contributed by atoms with Crippen LogP contribution in [0.2, 0.25) is 0 Å². The van der Waals surface area contributed by atoms with E-state index in [1.165, 1.54) is 24.3 Å². The van der Waals surface area contributed by atoms with E-state index in [0.29, 0.717) is 23.8 Å². The minimum absolute atomic E-state index is 0.0383. The first-order valence-electron chi connectivity index (χ1n) is 11.9. The molecule has 0 heterocycles. The van der Waals surface area contributed by atoms with Crippen LogP contribution in [0, 0.1) is 22.0 Å². The predicted molar refractivity (Wildman–Crippen MR) is 136 cm³/mol. The van der Waals surface area contributed by atoms with E-state index in [1.807, 2.05) is 0 Å². The normalized spacial score (nSPS) is 17.3. The number of alkyl halides is 2. The summed E-state index contributed by atoms with van der Waals surface area (Å²) in [6.07, 6.45) is 5.95. The summed E-state index contributed by atoms with van der Waals surface area (Å²) in [6.45, 7) is 0. The fraction of sp³-hybridized carbons (Fsp3) is 0.458. The number of hydrogen-bond acceptors (Lipinski definition) is 8. The molecule has 2 aliphatic rings. The third-order valence-electron chi connectivity index (χ3n) is 6.17. The van der Waals surface area contributed by atoms with Crippen molar-refractivity contribution in [3.05, 3.63) is 58.6 Å². The quantitative estimate of drug-likeness (QED) is 0.105. The van der Waals surface area contributed by atoms with Gasteiger partial charge in [-0.2, -0.15) is 5.43 Å². The topological polar surface area (TPSA) is 135 Å². The molecule has 2 aromatic carbocycles. The van der Waals surface area contributed by atoms with E-state index in [4.69, 9.17) is 37.2 Å². The summed E-state index contributed by atoms with van der Waals surface area (Å²) in [5.74, 6) is 0.835. The van der Waals surface area contributed by atoms with Crippen LogP contribution in [0.3, 0.4) is 0 Å². The number of carbonyl (C=O) groups excluding carboxylic acids is 1. The molecule has 2 aromatic rings. The molecule has 2 fully saturated rings. The molecule has 198 valence electrons. The molecular weight excluding hydrogens is 544 g/mol. The monoisotopic (exact) mass is 569 g/mol. The van der Waals surface area contributed by atoms with Crippen LogP contribution in [0.4, 0.5) is 5.69 Å². The Labute approximate surface area is 225 Å². The summed E-state index contributed by atoms with van der Waals surface area (Å²) in [6, 6.07) is 11.1. The van der Waals surface area contributed by atoms with Gasteiger partial charge in [-0.3, -0.25) is 19.4 Å². The highest BCUT2D eigenvalue weighted by molar-refractivity contribution is 7.33.